The molecule has 1 rings (SSSR count). The van der Waals surface area contributed by atoms with E-state index in [9.17, 15) is 14.0 Å². The highest BCUT2D eigenvalue weighted by atomic mass is 19.1. The van der Waals surface area contributed by atoms with Crippen molar-refractivity contribution >= 4 is 11.8 Å². The largest absolute Gasteiger partial charge is 0.352 e. The summed E-state index contributed by atoms with van der Waals surface area (Å²) in [5, 5.41) is 5.27. The fourth-order valence-electron chi connectivity index (χ4n) is 1.95. The second-order valence-electron chi connectivity index (χ2n) is 5.44. The Morgan fingerprint density at radius 3 is 2.62 bits per heavy atom. The predicted octanol–water partition coefficient (Wildman–Crippen LogP) is -0.519. The molecule has 0 fully saturated rings. The van der Waals surface area contributed by atoms with Crippen molar-refractivity contribution in [3.63, 3.8) is 0 Å². The fourth-order valence-corrected chi connectivity index (χ4v) is 1.95. The van der Waals surface area contributed by atoms with Gasteiger partial charge in [-0.05, 0) is 26.0 Å². The third-order valence-electron chi connectivity index (χ3n) is 2.75. The van der Waals surface area contributed by atoms with Crippen molar-refractivity contribution in [3.8, 4) is 0 Å². The lowest BCUT2D eigenvalue weighted by Crippen LogP contribution is -3.08. The minimum atomic E-state index is -0.282. The number of rotatable bonds is 7. The number of carbonyl (C=O) groups excluding carboxylic acids is 2. The van der Waals surface area contributed by atoms with E-state index in [0.29, 0.717) is 6.54 Å². The van der Waals surface area contributed by atoms with Crippen molar-refractivity contribution in [1.29, 1.82) is 0 Å². The lowest BCUT2D eigenvalue weighted by atomic mass is 10.2. The van der Waals surface area contributed by atoms with Crippen LogP contribution in [0.5, 0.6) is 0 Å². The predicted molar refractivity (Wildman–Crippen MR) is 78.1 cm³/mol. The topological polar surface area (TPSA) is 62.6 Å². The molecule has 0 saturated heterocycles. The van der Waals surface area contributed by atoms with Gasteiger partial charge in [0.15, 0.2) is 6.54 Å². The summed E-state index contributed by atoms with van der Waals surface area (Å²) in [4.78, 5) is 24.0. The highest BCUT2D eigenvalue weighted by Gasteiger charge is 2.12. The van der Waals surface area contributed by atoms with Gasteiger partial charge in [-0.25, -0.2) is 4.39 Å². The molecule has 3 N–H and O–H groups in total. The van der Waals surface area contributed by atoms with Crippen LogP contribution in [0.15, 0.2) is 24.3 Å². The normalized spacial score (nSPS) is 12.0. The van der Waals surface area contributed by atoms with E-state index in [4.69, 9.17) is 0 Å². The molecule has 0 radical (unpaired) electrons. The summed E-state index contributed by atoms with van der Waals surface area (Å²) in [5.74, 6) is -0.695. The maximum Gasteiger partial charge on any atom is 0.275 e. The molecule has 116 valence electrons. The number of likely N-dealkylation sites (N-methyl/N-ethyl adjacent to an activating group) is 1. The molecule has 1 aromatic carbocycles. The van der Waals surface area contributed by atoms with Gasteiger partial charge >= 0.3 is 0 Å². The average Bonchev–Trinajstić information content (AvgIpc) is 2.35. The Morgan fingerprint density at radius 1 is 1.29 bits per heavy atom. The summed E-state index contributed by atoms with van der Waals surface area (Å²) in [5.41, 5.74) is 0.831. The number of amides is 2. The van der Waals surface area contributed by atoms with Gasteiger partial charge in [0.1, 0.15) is 12.4 Å². The molecule has 0 bridgehead atoms. The van der Waals surface area contributed by atoms with Gasteiger partial charge in [-0.3, -0.25) is 9.59 Å². The molecule has 1 aromatic rings. The quantitative estimate of drug-likeness (QED) is 0.634. The summed E-state index contributed by atoms with van der Waals surface area (Å²) in [7, 11) is 1.85. The van der Waals surface area contributed by atoms with Gasteiger partial charge in [-0.15, -0.1) is 0 Å². The molecule has 0 aliphatic heterocycles. The van der Waals surface area contributed by atoms with Crippen LogP contribution >= 0.6 is 0 Å². The van der Waals surface area contributed by atoms with Gasteiger partial charge in [0.05, 0.1) is 13.6 Å². The van der Waals surface area contributed by atoms with Gasteiger partial charge in [0.2, 0.25) is 5.91 Å². The molecule has 0 aromatic heterocycles. The molecule has 0 aliphatic rings. The van der Waals surface area contributed by atoms with Gasteiger partial charge in [-0.1, -0.05) is 12.1 Å². The molecule has 0 heterocycles. The molecular formula is C15H23FN3O2+. The molecule has 21 heavy (non-hydrogen) atoms. The Kier molecular flexibility index (Phi) is 6.81. The van der Waals surface area contributed by atoms with Crippen LogP contribution in [0.25, 0.3) is 0 Å². The molecule has 6 heteroatoms. The van der Waals surface area contributed by atoms with Crippen molar-refractivity contribution < 1.29 is 18.9 Å². The Labute approximate surface area is 124 Å². The van der Waals surface area contributed by atoms with Crippen LogP contribution in [0.3, 0.4) is 0 Å². The zero-order chi connectivity index (χ0) is 15.8. The van der Waals surface area contributed by atoms with Crippen molar-refractivity contribution in [2.75, 3.05) is 20.1 Å². The van der Waals surface area contributed by atoms with Crippen LogP contribution < -0.4 is 15.5 Å². The number of carbonyl (C=O) groups is 2. The molecule has 0 saturated carbocycles. The van der Waals surface area contributed by atoms with E-state index < -0.39 is 0 Å². The first-order chi connectivity index (χ1) is 9.86. The van der Waals surface area contributed by atoms with E-state index in [1.807, 2.05) is 27.0 Å². The van der Waals surface area contributed by atoms with E-state index in [-0.39, 0.29) is 36.8 Å². The Balaban J connectivity index is 2.32. The van der Waals surface area contributed by atoms with Crippen LogP contribution in [-0.2, 0) is 16.1 Å². The Morgan fingerprint density at radius 2 is 2.00 bits per heavy atom. The first kappa shape index (κ1) is 17.1. The maximum absolute atomic E-state index is 13.1. The molecule has 2 amide bonds. The van der Waals surface area contributed by atoms with Gasteiger partial charge in [0.25, 0.3) is 5.91 Å². The summed E-state index contributed by atoms with van der Waals surface area (Å²) < 4.78 is 13.1. The fraction of sp³-hybridized carbons (Fsp3) is 0.467. The lowest BCUT2D eigenvalue weighted by molar-refractivity contribution is -0.885. The smallest absolute Gasteiger partial charge is 0.275 e. The Bertz CT molecular complexity index is 492. The summed E-state index contributed by atoms with van der Waals surface area (Å²) in [6.07, 6.45) is 0. The number of hydrogen-bond acceptors (Lipinski definition) is 2. The van der Waals surface area contributed by atoms with Crippen LogP contribution in [0, 0.1) is 5.82 Å². The molecule has 0 spiro atoms. The monoisotopic (exact) mass is 296 g/mol. The van der Waals surface area contributed by atoms with Crippen molar-refractivity contribution in [2.24, 2.45) is 0 Å². The van der Waals surface area contributed by atoms with Crippen LogP contribution in [0.1, 0.15) is 19.4 Å². The highest BCUT2D eigenvalue weighted by molar-refractivity contribution is 5.85. The van der Waals surface area contributed by atoms with Crippen LogP contribution in [0.2, 0.25) is 0 Å². The maximum atomic E-state index is 13.1. The number of nitrogens with one attached hydrogen (secondary N) is 3. The summed E-state index contributed by atoms with van der Waals surface area (Å²) >= 11 is 0. The van der Waals surface area contributed by atoms with Crippen molar-refractivity contribution in [3.05, 3.63) is 35.6 Å². The van der Waals surface area contributed by atoms with E-state index in [1.165, 1.54) is 12.1 Å². The lowest BCUT2D eigenvalue weighted by Gasteiger charge is -2.14. The van der Waals surface area contributed by atoms with Gasteiger partial charge < -0.3 is 15.5 Å². The van der Waals surface area contributed by atoms with E-state index in [0.717, 1.165) is 10.5 Å². The molecule has 0 aliphatic carbocycles. The summed E-state index contributed by atoms with van der Waals surface area (Å²) in [6.45, 7) is 4.46. The zero-order valence-electron chi connectivity index (χ0n) is 12.7. The third kappa shape index (κ3) is 7.41. The molecule has 5 nitrogen and oxygen atoms in total. The number of halogens is 1. The minimum absolute atomic E-state index is 0.0236. The molecule has 1 atom stereocenters. The third-order valence-corrected chi connectivity index (χ3v) is 2.75. The number of hydrogen-bond donors (Lipinski definition) is 3. The van der Waals surface area contributed by atoms with Gasteiger partial charge in [-0.2, -0.15) is 0 Å². The average molecular weight is 296 g/mol. The first-order valence-electron chi connectivity index (χ1n) is 6.98. The van der Waals surface area contributed by atoms with E-state index >= 15 is 0 Å². The van der Waals surface area contributed by atoms with Crippen molar-refractivity contribution in [1.82, 2.24) is 10.6 Å². The van der Waals surface area contributed by atoms with Crippen LogP contribution in [0.4, 0.5) is 4.39 Å². The molecule has 1 unspecified atom stereocenters. The van der Waals surface area contributed by atoms with E-state index in [2.05, 4.69) is 10.6 Å². The van der Waals surface area contributed by atoms with Gasteiger partial charge in [0, 0.05) is 11.6 Å². The second-order valence-corrected chi connectivity index (χ2v) is 5.44. The highest BCUT2D eigenvalue weighted by Crippen LogP contribution is 2.01. The molecular weight excluding hydrogens is 273 g/mol. The van der Waals surface area contributed by atoms with E-state index in [1.54, 1.807) is 6.07 Å². The van der Waals surface area contributed by atoms with Crippen LogP contribution in [-0.4, -0.2) is 38.0 Å². The standard InChI is InChI=1S/C15H22FN3O2/c1-11(2)18-14(20)8-17-15(21)10-19(3)9-12-5-4-6-13(16)7-12/h4-7,11H,8-10H2,1-3H3,(H,17,21)(H,18,20)/p+1. The van der Waals surface area contributed by atoms with Crippen molar-refractivity contribution in [2.45, 2.75) is 26.4 Å². The summed E-state index contributed by atoms with van der Waals surface area (Å²) in [6, 6.07) is 6.36. The Hall–Kier alpha value is -1.95. The minimum Gasteiger partial charge on any atom is -0.352 e. The SMILES string of the molecule is CC(C)NC(=O)CNC(=O)C[NH+](C)Cc1cccc(F)c1. The first-order valence-corrected chi connectivity index (χ1v) is 6.98. The zero-order valence-corrected chi connectivity index (χ0v) is 12.7. The number of benzene rings is 1. The number of quaternary nitrogens is 1. The second kappa shape index (κ2) is 8.36.